The van der Waals surface area contributed by atoms with E-state index in [4.69, 9.17) is 0 Å². The normalized spacial score (nSPS) is 22.1. The monoisotopic (exact) mass is 332 g/mol. The van der Waals surface area contributed by atoms with Crippen molar-refractivity contribution in [1.82, 2.24) is 9.80 Å². The molecule has 2 amide bonds. The number of nitrogens with zero attached hydrogens (tertiary/aromatic N) is 2. The van der Waals surface area contributed by atoms with Crippen molar-refractivity contribution in [1.29, 1.82) is 0 Å². The van der Waals surface area contributed by atoms with E-state index in [0.29, 0.717) is 24.7 Å². The first-order chi connectivity index (χ1) is 11.6. The number of carbonyl (C=O) groups is 2. The van der Waals surface area contributed by atoms with Crippen LogP contribution < -0.4 is 0 Å². The molecule has 4 nitrogen and oxygen atoms in total. The van der Waals surface area contributed by atoms with Crippen LogP contribution in [0.4, 0.5) is 0 Å². The van der Waals surface area contributed by atoms with Gasteiger partial charge in [-0.05, 0) is 50.4 Å². The third kappa shape index (κ3) is 6.14. The van der Waals surface area contributed by atoms with Crippen LogP contribution in [-0.2, 0) is 9.59 Å². The van der Waals surface area contributed by atoms with Crippen molar-refractivity contribution in [2.45, 2.75) is 51.4 Å². The minimum atomic E-state index is 0.240. The van der Waals surface area contributed by atoms with Crippen LogP contribution in [0, 0.1) is 11.8 Å². The lowest BCUT2D eigenvalue weighted by Crippen LogP contribution is -2.31. The van der Waals surface area contributed by atoms with Crippen LogP contribution in [0.5, 0.6) is 0 Å². The molecular weight excluding hydrogens is 300 g/mol. The van der Waals surface area contributed by atoms with Crippen LogP contribution >= 0.6 is 0 Å². The second-order valence-electron chi connectivity index (χ2n) is 7.28. The van der Waals surface area contributed by atoms with E-state index in [1.54, 1.807) is 0 Å². The average Bonchev–Trinajstić information content (AvgIpc) is 3.24. The minimum Gasteiger partial charge on any atom is -0.346 e. The maximum atomic E-state index is 12.1. The van der Waals surface area contributed by atoms with Gasteiger partial charge >= 0.3 is 0 Å². The molecule has 0 unspecified atom stereocenters. The summed E-state index contributed by atoms with van der Waals surface area (Å²) in [5.74, 6) is 1.36. The van der Waals surface area contributed by atoms with Gasteiger partial charge in [0.2, 0.25) is 11.8 Å². The highest BCUT2D eigenvalue weighted by Gasteiger charge is 2.18. The van der Waals surface area contributed by atoms with E-state index in [2.05, 4.69) is 24.3 Å². The summed E-state index contributed by atoms with van der Waals surface area (Å²) >= 11 is 0. The highest BCUT2D eigenvalue weighted by Crippen LogP contribution is 2.22. The van der Waals surface area contributed by atoms with Crippen molar-refractivity contribution in [2.24, 2.45) is 11.8 Å². The molecule has 2 aliphatic carbocycles. The third-order valence-corrected chi connectivity index (χ3v) is 5.19. The summed E-state index contributed by atoms with van der Waals surface area (Å²) in [7, 11) is 3.78. The molecule has 0 fully saturated rings. The number of carbonyl (C=O) groups excluding carboxylic acids is 2. The summed E-state index contributed by atoms with van der Waals surface area (Å²) in [6, 6.07) is 0. The quantitative estimate of drug-likeness (QED) is 0.480. The van der Waals surface area contributed by atoms with E-state index in [-0.39, 0.29) is 11.8 Å². The Morgan fingerprint density at radius 2 is 1.25 bits per heavy atom. The number of hydrogen-bond acceptors (Lipinski definition) is 2. The van der Waals surface area contributed by atoms with Gasteiger partial charge < -0.3 is 9.80 Å². The molecule has 0 spiro atoms. The van der Waals surface area contributed by atoms with E-state index < -0.39 is 0 Å². The number of rotatable bonds is 9. The molecule has 0 heterocycles. The molecule has 0 aliphatic heterocycles. The number of amides is 2. The maximum absolute atomic E-state index is 12.1. The largest absolute Gasteiger partial charge is 0.346 e. The molecule has 0 radical (unpaired) electrons. The summed E-state index contributed by atoms with van der Waals surface area (Å²) in [5, 5.41) is 0. The van der Waals surface area contributed by atoms with Gasteiger partial charge in [-0.3, -0.25) is 9.59 Å². The lowest BCUT2D eigenvalue weighted by atomic mass is 10.0. The Morgan fingerprint density at radius 3 is 1.58 bits per heavy atom. The van der Waals surface area contributed by atoms with Gasteiger partial charge in [0, 0.05) is 40.0 Å². The lowest BCUT2D eigenvalue weighted by Gasteiger charge is -2.21. The van der Waals surface area contributed by atoms with E-state index >= 15 is 0 Å². The Balaban J connectivity index is 1.55. The molecular formula is C20H32N2O2. The first-order valence-electron chi connectivity index (χ1n) is 9.37. The fraction of sp³-hybridized carbons (Fsp3) is 0.700. The lowest BCUT2D eigenvalue weighted by molar-refractivity contribution is -0.132. The summed E-state index contributed by atoms with van der Waals surface area (Å²) < 4.78 is 0. The molecule has 0 N–H and O–H groups in total. The first kappa shape index (κ1) is 18.8. The van der Waals surface area contributed by atoms with Gasteiger partial charge in [-0.1, -0.05) is 24.3 Å². The van der Waals surface area contributed by atoms with Crippen LogP contribution in [0.25, 0.3) is 0 Å². The van der Waals surface area contributed by atoms with Crippen molar-refractivity contribution in [3.05, 3.63) is 24.3 Å². The maximum Gasteiger partial charge on any atom is 0.222 e. The molecule has 0 saturated carbocycles. The van der Waals surface area contributed by atoms with Gasteiger partial charge in [-0.25, -0.2) is 0 Å². The summed E-state index contributed by atoms with van der Waals surface area (Å²) in [4.78, 5) is 28.0. The predicted octanol–water partition coefficient (Wildman–Crippen LogP) is 3.40. The number of hydrogen-bond donors (Lipinski definition) is 0. The Bertz CT molecular complexity index is 440. The number of allylic oxidation sites excluding steroid dienone is 4. The summed E-state index contributed by atoms with van der Waals surface area (Å²) in [6.07, 6.45) is 16.3. The van der Waals surface area contributed by atoms with Crippen molar-refractivity contribution in [3.8, 4) is 0 Å². The van der Waals surface area contributed by atoms with Crippen LogP contribution in [0.15, 0.2) is 24.3 Å². The van der Waals surface area contributed by atoms with Crippen molar-refractivity contribution < 1.29 is 9.59 Å². The van der Waals surface area contributed by atoms with Gasteiger partial charge in [0.25, 0.3) is 0 Å². The molecule has 2 atom stereocenters. The zero-order valence-electron chi connectivity index (χ0n) is 15.2. The Hall–Kier alpha value is -1.58. The first-order valence-corrected chi connectivity index (χ1v) is 9.37. The molecule has 0 saturated heterocycles. The van der Waals surface area contributed by atoms with E-state index in [9.17, 15) is 9.59 Å². The van der Waals surface area contributed by atoms with Crippen molar-refractivity contribution in [3.63, 3.8) is 0 Å². The van der Waals surface area contributed by atoms with E-state index in [1.807, 2.05) is 23.9 Å². The molecule has 0 aromatic heterocycles. The summed E-state index contributed by atoms with van der Waals surface area (Å²) in [5.41, 5.74) is 0. The third-order valence-electron chi connectivity index (χ3n) is 5.19. The Kier molecular flexibility index (Phi) is 7.54. The molecule has 0 bridgehead atoms. The average molecular weight is 332 g/mol. The molecule has 2 aliphatic rings. The zero-order valence-corrected chi connectivity index (χ0v) is 15.2. The van der Waals surface area contributed by atoms with Crippen LogP contribution in [0.2, 0.25) is 0 Å². The standard InChI is InChI=1S/C20H32N2O2/c1-21(19(23)15-17-9-3-4-10-17)13-7-8-14-22(2)20(24)16-18-11-5-6-12-18/h3,5,9,11,17-18H,4,6-8,10,12-16H2,1-2H3/t17-,18-/m1/s1. The van der Waals surface area contributed by atoms with Crippen LogP contribution in [-0.4, -0.2) is 48.8 Å². The number of unbranched alkanes of at least 4 members (excludes halogenated alkanes) is 1. The predicted molar refractivity (Wildman–Crippen MR) is 97.5 cm³/mol. The van der Waals surface area contributed by atoms with Gasteiger partial charge in [0.1, 0.15) is 0 Å². The Labute approximate surface area is 146 Å². The van der Waals surface area contributed by atoms with Gasteiger partial charge in [0.05, 0.1) is 0 Å². The zero-order chi connectivity index (χ0) is 17.4. The van der Waals surface area contributed by atoms with Crippen molar-refractivity contribution >= 4 is 11.8 Å². The van der Waals surface area contributed by atoms with E-state index in [0.717, 1.165) is 51.6 Å². The second-order valence-corrected chi connectivity index (χ2v) is 7.28. The van der Waals surface area contributed by atoms with Crippen LogP contribution in [0.3, 0.4) is 0 Å². The molecule has 2 rings (SSSR count). The molecule has 0 aromatic carbocycles. The Morgan fingerprint density at radius 1 is 0.833 bits per heavy atom. The van der Waals surface area contributed by atoms with Gasteiger partial charge in [-0.2, -0.15) is 0 Å². The topological polar surface area (TPSA) is 40.6 Å². The van der Waals surface area contributed by atoms with Crippen molar-refractivity contribution in [2.75, 3.05) is 27.2 Å². The summed E-state index contributed by atoms with van der Waals surface area (Å²) in [6.45, 7) is 1.56. The highest BCUT2D eigenvalue weighted by molar-refractivity contribution is 5.76. The fourth-order valence-corrected chi connectivity index (χ4v) is 3.44. The smallest absolute Gasteiger partial charge is 0.222 e. The second kappa shape index (κ2) is 9.65. The SMILES string of the molecule is CN(CCCCN(C)C(=O)C[C@@H]1C=CCC1)C(=O)C[C@@H]1C=CCC1. The fourth-order valence-electron chi connectivity index (χ4n) is 3.44. The molecule has 134 valence electrons. The highest BCUT2D eigenvalue weighted by atomic mass is 16.2. The van der Waals surface area contributed by atoms with Gasteiger partial charge in [-0.15, -0.1) is 0 Å². The molecule has 24 heavy (non-hydrogen) atoms. The van der Waals surface area contributed by atoms with Crippen LogP contribution in [0.1, 0.15) is 51.4 Å². The minimum absolute atomic E-state index is 0.240. The molecule has 4 heteroatoms. The van der Waals surface area contributed by atoms with Gasteiger partial charge in [0.15, 0.2) is 0 Å². The van der Waals surface area contributed by atoms with E-state index in [1.165, 1.54) is 0 Å². The molecule has 0 aromatic rings.